The Morgan fingerprint density at radius 2 is 1.90 bits per heavy atom. The maximum atomic E-state index is 13.4. The van der Waals surface area contributed by atoms with Gasteiger partial charge in [-0.3, -0.25) is 14.9 Å². The SMILES string of the molecule is O=C(Nc1nccs1)[C@@H](c1ccccc1)N1Cc2ccc(-c3cccs3)cc2C1=O. The number of nitrogens with zero attached hydrogens (tertiary/aromatic N) is 2. The lowest BCUT2D eigenvalue weighted by Gasteiger charge is -2.27. The van der Waals surface area contributed by atoms with Gasteiger partial charge in [0.1, 0.15) is 6.04 Å². The molecule has 2 amide bonds. The van der Waals surface area contributed by atoms with E-state index in [-0.39, 0.29) is 11.8 Å². The summed E-state index contributed by atoms with van der Waals surface area (Å²) in [4.78, 5) is 33.5. The van der Waals surface area contributed by atoms with Crippen molar-refractivity contribution in [3.05, 3.63) is 94.3 Å². The molecule has 1 atom stereocenters. The number of carbonyl (C=O) groups excluding carboxylic acids is 2. The Kier molecular flexibility index (Phi) is 4.90. The first kappa shape index (κ1) is 18.7. The minimum absolute atomic E-state index is 0.133. The Labute approximate surface area is 181 Å². The first-order valence-electron chi connectivity index (χ1n) is 9.44. The van der Waals surface area contributed by atoms with Gasteiger partial charge in [0, 0.05) is 28.6 Å². The van der Waals surface area contributed by atoms with Crippen molar-refractivity contribution in [3.63, 3.8) is 0 Å². The van der Waals surface area contributed by atoms with Crippen molar-refractivity contribution in [2.75, 3.05) is 5.32 Å². The van der Waals surface area contributed by atoms with Crippen molar-refractivity contribution < 1.29 is 9.59 Å². The first-order chi connectivity index (χ1) is 14.7. The molecule has 3 heterocycles. The topological polar surface area (TPSA) is 62.3 Å². The van der Waals surface area contributed by atoms with Gasteiger partial charge in [-0.1, -0.05) is 48.5 Å². The molecule has 2 aromatic heterocycles. The van der Waals surface area contributed by atoms with Crippen LogP contribution >= 0.6 is 22.7 Å². The number of hydrogen-bond donors (Lipinski definition) is 1. The zero-order valence-corrected chi connectivity index (χ0v) is 17.5. The van der Waals surface area contributed by atoms with Gasteiger partial charge in [-0.2, -0.15) is 0 Å². The fourth-order valence-corrected chi connectivity index (χ4v) is 4.95. The van der Waals surface area contributed by atoms with Crippen LogP contribution in [-0.2, 0) is 11.3 Å². The van der Waals surface area contributed by atoms with E-state index in [1.807, 2.05) is 66.0 Å². The molecule has 0 unspecified atom stereocenters. The van der Waals surface area contributed by atoms with E-state index in [1.165, 1.54) is 11.3 Å². The number of aromatic nitrogens is 1. The lowest BCUT2D eigenvalue weighted by atomic mass is 10.0. The van der Waals surface area contributed by atoms with E-state index >= 15 is 0 Å². The third-order valence-electron chi connectivity index (χ3n) is 5.09. The second-order valence-corrected chi connectivity index (χ2v) is 8.76. The molecule has 5 nitrogen and oxygen atoms in total. The van der Waals surface area contributed by atoms with Gasteiger partial charge in [-0.15, -0.1) is 22.7 Å². The van der Waals surface area contributed by atoms with Crippen LogP contribution < -0.4 is 5.32 Å². The molecule has 1 aliphatic rings. The predicted molar refractivity (Wildman–Crippen MR) is 120 cm³/mol. The summed E-state index contributed by atoms with van der Waals surface area (Å²) < 4.78 is 0. The second-order valence-electron chi connectivity index (χ2n) is 6.92. The number of amides is 2. The Morgan fingerprint density at radius 1 is 1.03 bits per heavy atom. The van der Waals surface area contributed by atoms with Crippen molar-refractivity contribution in [1.29, 1.82) is 0 Å². The molecule has 0 spiro atoms. The summed E-state index contributed by atoms with van der Waals surface area (Å²) in [5, 5.41) is 7.19. The minimum atomic E-state index is -0.736. The van der Waals surface area contributed by atoms with E-state index in [4.69, 9.17) is 0 Å². The van der Waals surface area contributed by atoms with Crippen molar-refractivity contribution in [2.45, 2.75) is 12.6 Å². The number of hydrogen-bond acceptors (Lipinski definition) is 5. The molecular formula is C23H17N3O2S2. The Balaban J connectivity index is 1.49. The Bertz CT molecular complexity index is 1190. The average molecular weight is 432 g/mol. The molecule has 2 aromatic carbocycles. The van der Waals surface area contributed by atoms with Gasteiger partial charge in [-0.25, -0.2) is 4.98 Å². The normalized spacial score (nSPS) is 13.9. The lowest BCUT2D eigenvalue weighted by molar-refractivity contribution is -0.120. The summed E-state index contributed by atoms with van der Waals surface area (Å²) in [6, 6.07) is 18.7. The number of fused-ring (bicyclic) bond motifs is 1. The smallest absolute Gasteiger partial charge is 0.255 e. The molecule has 0 bridgehead atoms. The number of rotatable bonds is 5. The fraction of sp³-hybridized carbons (Fsp3) is 0.0870. The lowest BCUT2D eigenvalue weighted by Crippen LogP contribution is -2.37. The third kappa shape index (κ3) is 3.42. The van der Waals surface area contributed by atoms with Gasteiger partial charge in [0.15, 0.2) is 5.13 Å². The highest BCUT2D eigenvalue weighted by molar-refractivity contribution is 7.14. The van der Waals surface area contributed by atoms with Crippen LogP contribution in [0.5, 0.6) is 0 Å². The number of benzene rings is 2. The fourth-order valence-electron chi connectivity index (χ4n) is 3.70. The average Bonchev–Trinajstić information content (AvgIpc) is 3.52. The van der Waals surface area contributed by atoms with Gasteiger partial charge < -0.3 is 4.90 Å². The summed E-state index contributed by atoms with van der Waals surface area (Å²) in [5.41, 5.74) is 3.38. The van der Waals surface area contributed by atoms with Crippen molar-refractivity contribution in [2.24, 2.45) is 0 Å². The molecule has 0 saturated carbocycles. The summed E-state index contributed by atoms with van der Waals surface area (Å²) in [5.74, 6) is -0.401. The number of nitrogens with one attached hydrogen (secondary N) is 1. The van der Waals surface area contributed by atoms with Crippen molar-refractivity contribution >= 4 is 39.6 Å². The maximum absolute atomic E-state index is 13.4. The molecule has 0 fully saturated rings. The Hall–Kier alpha value is -3.29. The molecule has 0 radical (unpaired) electrons. The van der Waals surface area contributed by atoms with Crippen LogP contribution in [0.3, 0.4) is 0 Å². The Morgan fingerprint density at radius 3 is 2.63 bits per heavy atom. The number of anilines is 1. The van der Waals surface area contributed by atoms with E-state index in [9.17, 15) is 9.59 Å². The maximum Gasteiger partial charge on any atom is 0.255 e. The van der Waals surface area contributed by atoms with Gasteiger partial charge in [0.25, 0.3) is 11.8 Å². The first-order valence-corrected chi connectivity index (χ1v) is 11.2. The number of carbonyl (C=O) groups is 2. The van der Waals surface area contributed by atoms with E-state index in [2.05, 4.69) is 10.3 Å². The van der Waals surface area contributed by atoms with Crippen LogP contribution in [0.25, 0.3) is 10.4 Å². The second kappa shape index (κ2) is 7.85. The van der Waals surface area contributed by atoms with Crippen molar-refractivity contribution in [1.82, 2.24) is 9.88 Å². The van der Waals surface area contributed by atoms with Crippen LogP contribution in [0.1, 0.15) is 27.5 Å². The molecule has 30 heavy (non-hydrogen) atoms. The molecule has 4 aromatic rings. The third-order valence-corrected chi connectivity index (χ3v) is 6.69. The van der Waals surface area contributed by atoms with E-state index in [0.29, 0.717) is 17.2 Å². The van der Waals surface area contributed by atoms with Gasteiger partial charge >= 0.3 is 0 Å². The molecule has 7 heteroatoms. The summed E-state index contributed by atoms with van der Waals surface area (Å²) >= 11 is 2.99. The van der Waals surface area contributed by atoms with Crippen LogP contribution in [0, 0.1) is 0 Å². The molecule has 148 valence electrons. The minimum Gasteiger partial charge on any atom is -0.318 e. The van der Waals surface area contributed by atoms with E-state index in [1.54, 1.807) is 27.8 Å². The molecule has 1 aliphatic heterocycles. The van der Waals surface area contributed by atoms with Crippen LogP contribution in [0.4, 0.5) is 5.13 Å². The van der Waals surface area contributed by atoms with E-state index < -0.39 is 6.04 Å². The summed E-state index contributed by atoms with van der Waals surface area (Å²) in [7, 11) is 0. The number of thiophene rings is 1. The number of thiazole rings is 1. The predicted octanol–water partition coefficient (Wildman–Crippen LogP) is 5.21. The molecular weight excluding hydrogens is 414 g/mol. The van der Waals surface area contributed by atoms with Gasteiger partial charge in [0.2, 0.25) is 0 Å². The van der Waals surface area contributed by atoms with E-state index in [0.717, 1.165) is 21.6 Å². The van der Waals surface area contributed by atoms with Crippen LogP contribution in [0.15, 0.2) is 77.6 Å². The quantitative estimate of drug-likeness (QED) is 0.472. The zero-order chi connectivity index (χ0) is 20.5. The highest BCUT2D eigenvalue weighted by Crippen LogP contribution is 2.35. The molecule has 0 saturated heterocycles. The van der Waals surface area contributed by atoms with Gasteiger partial charge in [0.05, 0.1) is 0 Å². The van der Waals surface area contributed by atoms with Crippen LogP contribution in [-0.4, -0.2) is 21.7 Å². The summed E-state index contributed by atoms with van der Waals surface area (Å²) in [6.07, 6.45) is 1.64. The standard InChI is InChI=1S/C23H17N3O2S2/c27-21(25-23-24-10-12-30-23)20(15-5-2-1-3-6-15)26-14-17-9-8-16(13-18(17)22(26)28)19-7-4-11-29-19/h1-13,20H,14H2,(H,24,25,27)/t20-/m1/s1. The largest absolute Gasteiger partial charge is 0.318 e. The van der Waals surface area contributed by atoms with Gasteiger partial charge in [-0.05, 0) is 34.2 Å². The zero-order valence-electron chi connectivity index (χ0n) is 15.8. The molecule has 0 aliphatic carbocycles. The van der Waals surface area contributed by atoms with Crippen molar-refractivity contribution in [3.8, 4) is 10.4 Å². The molecule has 5 rings (SSSR count). The highest BCUT2D eigenvalue weighted by atomic mass is 32.1. The molecule has 1 N–H and O–H groups in total. The summed E-state index contributed by atoms with van der Waals surface area (Å²) in [6.45, 7) is 0.393. The van der Waals surface area contributed by atoms with Crippen LogP contribution in [0.2, 0.25) is 0 Å². The highest BCUT2D eigenvalue weighted by Gasteiger charge is 2.37. The monoisotopic (exact) mass is 431 g/mol.